The molecule has 0 saturated heterocycles. The molecule has 0 unspecified atom stereocenters. The number of carbonyl (C=O) groups excluding carboxylic acids is 1. The van der Waals surface area contributed by atoms with Crippen molar-refractivity contribution in [2.24, 2.45) is 0 Å². The number of nitrogens with one attached hydrogen (secondary N) is 1. The van der Waals surface area contributed by atoms with Gasteiger partial charge in [0, 0.05) is 23.8 Å². The maximum absolute atomic E-state index is 11.0. The van der Waals surface area contributed by atoms with Crippen molar-refractivity contribution < 1.29 is 13.2 Å². The van der Waals surface area contributed by atoms with Gasteiger partial charge in [0.15, 0.2) is 0 Å². The van der Waals surface area contributed by atoms with Crippen molar-refractivity contribution in [1.82, 2.24) is 9.62 Å². The number of amides is 2. The molecule has 0 aliphatic rings. The summed E-state index contributed by atoms with van der Waals surface area (Å²) in [6, 6.07) is -0.699. The Labute approximate surface area is 76.2 Å². The van der Waals surface area contributed by atoms with Crippen LogP contribution in [0.1, 0.15) is 13.8 Å². The lowest BCUT2D eigenvalue weighted by Gasteiger charge is -2.17. The predicted molar refractivity (Wildman–Crippen MR) is 46.2 cm³/mol. The van der Waals surface area contributed by atoms with Gasteiger partial charge in [-0.3, -0.25) is 0 Å². The Balaban J connectivity index is 4.21. The third-order valence-corrected chi connectivity index (χ3v) is 1.91. The summed E-state index contributed by atoms with van der Waals surface area (Å²) < 4.78 is 22.4. The standard InChI is InChI=1S/C5H11ClN2O3S/c1-3-8(4-2)5(9)7-12(6,10)11/h3-4H2,1-2H3,(H,7,9). The first-order chi connectivity index (χ1) is 5.40. The Hall–Kier alpha value is -0.490. The van der Waals surface area contributed by atoms with E-state index in [1.165, 1.54) is 4.90 Å². The minimum atomic E-state index is -3.96. The first-order valence-electron chi connectivity index (χ1n) is 3.42. The van der Waals surface area contributed by atoms with Crippen LogP contribution >= 0.6 is 10.7 Å². The highest BCUT2D eigenvalue weighted by molar-refractivity contribution is 8.12. The number of carbonyl (C=O) groups is 1. The zero-order valence-electron chi connectivity index (χ0n) is 6.87. The summed E-state index contributed by atoms with van der Waals surface area (Å²) in [6.07, 6.45) is 0. The average Bonchev–Trinajstić information content (AvgIpc) is 1.85. The Morgan fingerprint density at radius 1 is 1.42 bits per heavy atom. The molecule has 0 saturated carbocycles. The van der Waals surface area contributed by atoms with Gasteiger partial charge in [0.25, 0.3) is 0 Å². The normalized spacial score (nSPS) is 10.9. The quantitative estimate of drug-likeness (QED) is 0.697. The van der Waals surface area contributed by atoms with Gasteiger partial charge in [-0.1, -0.05) is 0 Å². The molecular formula is C5H11ClN2O3S. The molecule has 0 radical (unpaired) electrons. The van der Waals surface area contributed by atoms with E-state index in [0.29, 0.717) is 13.1 Å². The van der Waals surface area contributed by atoms with E-state index in [2.05, 4.69) is 0 Å². The number of rotatable bonds is 3. The van der Waals surface area contributed by atoms with Crippen molar-refractivity contribution in [1.29, 1.82) is 0 Å². The van der Waals surface area contributed by atoms with Crippen LogP contribution in [0.25, 0.3) is 0 Å². The van der Waals surface area contributed by atoms with Crippen molar-refractivity contribution in [2.45, 2.75) is 13.8 Å². The summed E-state index contributed by atoms with van der Waals surface area (Å²) in [6.45, 7) is 4.36. The molecule has 0 aromatic heterocycles. The number of hydrogen-bond acceptors (Lipinski definition) is 3. The van der Waals surface area contributed by atoms with Crippen LogP contribution in [-0.2, 0) is 9.24 Å². The van der Waals surface area contributed by atoms with Gasteiger partial charge in [0.05, 0.1) is 0 Å². The second-order valence-corrected chi connectivity index (χ2v) is 4.32. The van der Waals surface area contributed by atoms with Crippen molar-refractivity contribution in [2.75, 3.05) is 13.1 Å². The Morgan fingerprint density at radius 3 is 2.08 bits per heavy atom. The molecule has 0 heterocycles. The smallest absolute Gasteiger partial charge is 0.325 e. The van der Waals surface area contributed by atoms with Gasteiger partial charge in [-0.25, -0.2) is 9.52 Å². The van der Waals surface area contributed by atoms with Crippen molar-refractivity contribution in [3.63, 3.8) is 0 Å². The molecule has 0 aromatic rings. The molecule has 0 atom stereocenters. The Kier molecular flexibility index (Phi) is 4.33. The van der Waals surface area contributed by atoms with E-state index in [1.54, 1.807) is 18.6 Å². The molecule has 7 heteroatoms. The van der Waals surface area contributed by atoms with Gasteiger partial charge in [0.1, 0.15) is 0 Å². The largest absolute Gasteiger partial charge is 0.331 e. The zero-order chi connectivity index (χ0) is 9.78. The van der Waals surface area contributed by atoms with E-state index in [1.807, 2.05) is 0 Å². The van der Waals surface area contributed by atoms with Crippen LogP contribution < -0.4 is 4.72 Å². The molecule has 72 valence electrons. The monoisotopic (exact) mass is 214 g/mol. The van der Waals surface area contributed by atoms with E-state index in [9.17, 15) is 13.2 Å². The molecule has 0 bridgehead atoms. The SMILES string of the molecule is CCN(CC)C(=O)NS(=O)(=O)Cl. The van der Waals surface area contributed by atoms with Crippen LogP contribution in [0.2, 0.25) is 0 Å². The van der Waals surface area contributed by atoms with E-state index < -0.39 is 15.3 Å². The maximum Gasteiger partial charge on any atom is 0.331 e. The molecule has 12 heavy (non-hydrogen) atoms. The lowest BCUT2D eigenvalue weighted by Crippen LogP contribution is -2.40. The molecule has 1 N–H and O–H groups in total. The van der Waals surface area contributed by atoms with E-state index in [0.717, 1.165) is 0 Å². The predicted octanol–water partition coefficient (Wildman–Crippen LogP) is 0.521. The molecule has 5 nitrogen and oxygen atoms in total. The fraction of sp³-hybridized carbons (Fsp3) is 0.800. The van der Waals surface area contributed by atoms with Crippen LogP contribution in [0.5, 0.6) is 0 Å². The number of urea groups is 1. The fourth-order valence-corrected chi connectivity index (χ4v) is 1.22. The van der Waals surface area contributed by atoms with Gasteiger partial charge in [0.2, 0.25) is 0 Å². The Morgan fingerprint density at radius 2 is 1.83 bits per heavy atom. The summed E-state index contributed by atoms with van der Waals surface area (Å²) in [5.74, 6) is 0. The topological polar surface area (TPSA) is 66.5 Å². The van der Waals surface area contributed by atoms with Gasteiger partial charge < -0.3 is 4.90 Å². The average molecular weight is 215 g/mol. The molecule has 0 aliphatic carbocycles. The summed E-state index contributed by atoms with van der Waals surface area (Å²) in [5.41, 5.74) is 0. The lowest BCUT2D eigenvalue weighted by atomic mass is 10.5. The first-order valence-corrected chi connectivity index (χ1v) is 5.73. The highest BCUT2D eigenvalue weighted by Gasteiger charge is 2.14. The van der Waals surface area contributed by atoms with Gasteiger partial charge in [-0.2, -0.15) is 8.42 Å². The van der Waals surface area contributed by atoms with Crippen LogP contribution in [0.15, 0.2) is 0 Å². The molecule has 0 aromatic carbocycles. The summed E-state index contributed by atoms with van der Waals surface area (Å²) >= 11 is 0. The highest BCUT2D eigenvalue weighted by Crippen LogP contribution is 1.94. The minimum absolute atomic E-state index is 0.439. The van der Waals surface area contributed by atoms with Crippen LogP contribution in [-0.4, -0.2) is 32.4 Å². The van der Waals surface area contributed by atoms with Crippen molar-refractivity contribution >= 4 is 26.0 Å². The van der Waals surface area contributed by atoms with E-state index in [-0.39, 0.29) is 0 Å². The minimum Gasteiger partial charge on any atom is -0.325 e. The molecule has 0 rings (SSSR count). The highest BCUT2D eigenvalue weighted by atomic mass is 35.7. The fourth-order valence-electron chi connectivity index (χ4n) is 0.680. The number of halogens is 1. The second kappa shape index (κ2) is 4.51. The van der Waals surface area contributed by atoms with Crippen LogP contribution in [0.3, 0.4) is 0 Å². The molecule has 0 spiro atoms. The zero-order valence-corrected chi connectivity index (χ0v) is 8.44. The van der Waals surface area contributed by atoms with Crippen LogP contribution in [0, 0.1) is 0 Å². The summed E-state index contributed by atoms with van der Waals surface area (Å²) in [5, 5.41) is 0. The third-order valence-electron chi connectivity index (χ3n) is 1.26. The molecule has 0 aliphatic heterocycles. The summed E-state index contributed by atoms with van der Waals surface area (Å²) in [7, 11) is 0.842. The molecule has 0 fully saturated rings. The number of hydrogen-bond donors (Lipinski definition) is 1. The Bertz CT molecular complexity index is 247. The van der Waals surface area contributed by atoms with Gasteiger partial charge >= 0.3 is 15.3 Å². The first kappa shape index (κ1) is 11.5. The van der Waals surface area contributed by atoms with Gasteiger partial charge in [-0.15, -0.1) is 0 Å². The summed E-state index contributed by atoms with van der Waals surface area (Å²) in [4.78, 5) is 12.3. The second-order valence-electron chi connectivity index (χ2n) is 2.02. The van der Waals surface area contributed by atoms with E-state index >= 15 is 0 Å². The molecule has 2 amide bonds. The van der Waals surface area contributed by atoms with E-state index in [4.69, 9.17) is 10.7 Å². The van der Waals surface area contributed by atoms with Crippen LogP contribution in [0.4, 0.5) is 4.79 Å². The van der Waals surface area contributed by atoms with Gasteiger partial charge in [-0.05, 0) is 13.8 Å². The molecular weight excluding hydrogens is 204 g/mol. The maximum atomic E-state index is 11.0. The third kappa shape index (κ3) is 4.40. The van der Waals surface area contributed by atoms with Crippen molar-refractivity contribution in [3.05, 3.63) is 0 Å². The lowest BCUT2D eigenvalue weighted by molar-refractivity contribution is 0.209. The van der Waals surface area contributed by atoms with Crippen molar-refractivity contribution in [3.8, 4) is 0 Å². The number of nitrogens with zero attached hydrogens (tertiary/aromatic N) is 1.